The summed E-state index contributed by atoms with van der Waals surface area (Å²) in [5.74, 6) is -0.944. The second kappa shape index (κ2) is 53.5. The van der Waals surface area contributed by atoms with Crippen LogP contribution in [-0.4, -0.2) is 37.2 Å². The lowest BCUT2D eigenvalue weighted by molar-refractivity contribution is -0.167. The van der Waals surface area contributed by atoms with E-state index >= 15 is 0 Å². The predicted octanol–water partition coefficient (Wildman–Crippen LogP) is 18.2. The van der Waals surface area contributed by atoms with E-state index in [-0.39, 0.29) is 37.5 Å². The molecule has 0 amide bonds. The maximum absolute atomic E-state index is 12.8. The molecule has 0 aliphatic carbocycles. The van der Waals surface area contributed by atoms with Crippen LogP contribution in [0.15, 0.2) is 72.9 Å². The van der Waals surface area contributed by atoms with Gasteiger partial charge in [-0.05, 0) is 109 Å². The van der Waals surface area contributed by atoms with Crippen LogP contribution in [0.5, 0.6) is 0 Å². The first-order valence-electron chi connectivity index (χ1n) is 27.4. The van der Waals surface area contributed by atoms with Crippen LogP contribution in [0.2, 0.25) is 0 Å². The van der Waals surface area contributed by atoms with Gasteiger partial charge in [-0.15, -0.1) is 0 Å². The van der Waals surface area contributed by atoms with Gasteiger partial charge in [-0.3, -0.25) is 14.4 Å². The van der Waals surface area contributed by atoms with E-state index < -0.39 is 6.10 Å². The summed E-state index contributed by atoms with van der Waals surface area (Å²) in [6.45, 7) is 6.47. The van der Waals surface area contributed by atoms with Crippen molar-refractivity contribution in [1.29, 1.82) is 0 Å². The van der Waals surface area contributed by atoms with Crippen molar-refractivity contribution in [2.75, 3.05) is 13.2 Å². The summed E-state index contributed by atoms with van der Waals surface area (Å²) in [6.07, 6.45) is 67.5. The van der Waals surface area contributed by atoms with Crippen molar-refractivity contribution in [3.8, 4) is 0 Å². The number of carbonyl (C=O) groups excluding carboxylic acids is 3. The van der Waals surface area contributed by atoms with Crippen LogP contribution in [0.25, 0.3) is 0 Å². The van der Waals surface area contributed by atoms with Gasteiger partial charge in [0.25, 0.3) is 0 Å². The van der Waals surface area contributed by atoms with Gasteiger partial charge in [0.2, 0.25) is 0 Å². The molecule has 0 spiro atoms. The van der Waals surface area contributed by atoms with Gasteiger partial charge in [0.15, 0.2) is 6.10 Å². The zero-order valence-corrected chi connectivity index (χ0v) is 42.7. The number of rotatable bonds is 49. The molecule has 0 aliphatic heterocycles. The molecule has 1 unspecified atom stereocenters. The fourth-order valence-corrected chi connectivity index (χ4v) is 7.54. The number of esters is 3. The largest absolute Gasteiger partial charge is 0.462 e. The molecule has 0 saturated carbocycles. The van der Waals surface area contributed by atoms with Gasteiger partial charge in [0.1, 0.15) is 13.2 Å². The molecule has 1 atom stereocenters. The van der Waals surface area contributed by atoms with Crippen molar-refractivity contribution in [3.63, 3.8) is 0 Å². The van der Waals surface area contributed by atoms with Crippen LogP contribution < -0.4 is 0 Å². The fourth-order valence-electron chi connectivity index (χ4n) is 7.54. The lowest BCUT2D eigenvalue weighted by Crippen LogP contribution is -2.30. The summed E-state index contributed by atoms with van der Waals surface area (Å²) in [7, 11) is 0. The van der Waals surface area contributed by atoms with Gasteiger partial charge in [0, 0.05) is 19.3 Å². The smallest absolute Gasteiger partial charge is 0.306 e. The summed E-state index contributed by atoms with van der Waals surface area (Å²) in [4.78, 5) is 38.0. The second-order valence-electron chi connectivity index (χ2n) is 18.1. The van der Waals surface area contributed by atoms with Crippen molar-refractivity contribution >= 4 is 17.9 Å². The molecular weight excluding hydrogens is 805 g/mol. The highest BCUT2D eigenvalue weighted by molar-refractivity contribution is 5.71. The Labute approximate surface area is 402 Å². The van der Waals surface area contributed by atoms with Gasteiger partial charge in [-0.25, -0.2) is 0 Å². The van der Waals surface area contributed by atoms with Crippen LogP contribution in [0.3, 0.4) is 0 Å². The molecule has 0 heterocycles. The minimum Gasteiger partial charge on any atom is -0.462 e. The van der Waals surface area contributed by atoms with Gasteiger partial charge >= 0.3 is 17.9 Å². The Bertz CT molecular complexity index is 1230. The van der Waals surface area contributed by atoms with Gasteiger partial charge < -0.3 is 14.2 Å². The fraction of sp³-hybridized carbons (Fsp3) is 0.746. The Morgan fingerprint density at radius 2 is 0.600 bits per heavy atom. The Hall–Kier alpha value is -3.15. The van der Waals surface area contributed by atoms with Crippen molar-refractivity contribution in [2.24, 2.45) is 0 Å². The van der Waals surface area contributed by atoms with Crippen molar-refractivity contribution in [1.82, 2.24) is 0 Å². The zero-order chi connectivity index (χ0) is 47.2. The molecular formula is C59H102O6. The van der Waals surface area contributed by atoms with Crippen molar-refractivity contribution < 1.29 is 28.6 Å². The average molecular weight is 907 g/mol. The number of hydrogen-bond acceptors (Lipinski definition) is 6. The van der Waals surface area contributed by atoms with Crippen LogP contribution >= 0.6 is 0 Å². The normalized spacial score (nSPS) is 12.6. The SMILES string of the molecule is CC/C=C\C/C=C\C/C=C\C/C=C\CCCCC(=O)OC(COC(=O)CCCCCCC/C=C\CCCCCC)COC(=O)CCCCCCCCCCC/C=C\CCCCCCCC. The first kappa shape index (κ1) is 61.9. The van der Waals surface area contributed by atoms with Crippen molar-refractivity contribution in [3.05, 3.63) is 72.9 Å². The highest BCUT2D eigenvalue weighted by Crippen LogP contribution is 2.14. The summed E-state index contributed by atoms with van der Waals surface area (Å²) in [5, 5.41) is 0. The van der Waals surface area contributed by atoms with Gasteiger partial charge in [-0.2, -0.15) is 0 Å². The van der Waals surface area contributed by atoms with Crippen LogP contribution in [0.4, 0.5) is 0 Å². The third-order valence-electron chi connectivity index (χ3n) is 11.7. The summed E-state index contributed by atoms with van der Waals surface area (Å²) in [6, 6.07) is 0. The quantitative estimate of drug-likeness (QED) is 0.0262. The number of hydrogen-bond donors (Lipinski definition) is 0. The molecule has 0 bridgehead atoms. The van der Waals surface area contributed by atoms with E-state index in [9.17, 15) is 14.4 Å². The maximum atomic E-state index is 12.8. The minimum atomic E-state index is -0.800. The topological polar surface area (TPSA) is 78.9 Å². The number of allylic oxidation sites excluding steroid dienone is 12. The van der Waals surface area contributed by atoms with E-state index in [1.165, 1.54) is 135 Å². The van der Waals surface area contributed by atoms with Gasteiger partial charge in [0.05, 0.1) is 0 Å². The average Bonchev–Trinajstić information content (AvgIpc) is 3.30. The molecule has 0 aromatic rings. The van der Waals surface area contributed by atoms with Crippen LogP contribution in [0, 0.1) is 0 Å². The van der Waals surface area contributed by atoms with E-state index in [2.05, 4.69) is 93.7 Å². The lowest BCUT2D eigenvalue weighted by Gasteiger charge is -2.18. The van der Waals surface area contributed by atoms with Crippen molar-refractivity contribution in [2.45, 2.75) is 271 Å². The molecule has 0 saturated heterocycles. The van der Waals surface area contributed by atoms with Crippen LogP contribution in [-0.2, 0) is 28.6 Å². The first-order valence-corrected chi connectivity index (χ1v) is 27.4. The minimum absolute atomic E-state index is 0.0953. The third-order valence-corrected chi connectivity index (χ3v) is 11.7. The summed E-state index contributed by atoms with van der Waals surface area (Å²) in [5.41, 5.74) is 0. The highest BCUT2D eigenvalue weighted by Gasteiger charge is 2.19. The second-order valence-corrected chi connectivity index (χ2v) is 18.1. The Balaban J connectivity index is 4.41. The monoisotopic (exact) mass is 907 g/mol. The molecule has 374 valence electrons. The maximum Gasteiger partial charge on any atom is 0.306 e. The number of unbranched alkanes of at least 4 members (excludes halogenated alkanes) is 26. The lowest BCUT2D eigenvalue weighted by atomic mass is 10.1. The van der Waals surface area contributed by atoms with E-state index in [1.54, 1.807) is 0 Å². The van der Waals surface area contributed by atoms with E-state index in [1.807, 2.05) is 0 Å². The molecule has 0 aromatic carbocycles. The molecule has 0 radical (unpaired) electrons. The van der Waals surface area contributed by atoms with Crippen LogP contribution in [0.1, 0.15) is 265 Å². The number of ether oxygens (including phenoxy) is 3. The molecule has 65 heavy (non-hydrogen) atoms. The standard InChI is InChI=1S/C59H102O6/c1-4-7-10-13-16-19-22-25-27-28-29-30-32-34-37-40-43-46-49-52-58(61)64-55-56(54-63-57(60)51-48-45-42-39-36-33-24-21-18-15-12-9-6-3)65-59(62)53-50-47-44-41-38-35-31-26-23-20-17-14-11-8-5-2/h8,11,17,20-21,24-27,31,38,41,56H,4-7,9-10,12-16,18-19,22-23,28-30,32-37,39-40,42-55H2,1-3H3/b11-8-,20-17-,24-21-,27-25-,31-26-,41-38-. The molecule has 0 N–H and O–H groups in total. The Kier molecular flexibility index (Phi) is 50.9. The summed E-state index contributed by atoms with van der Waals surface area (Å²) < 4.78 is 16.8. The van der Waals surface area contributed by atoms with E-state index in [0.29, 0.717) is 19.3 Å². The molecule has 6 nitrogen and oxygen atoms in total. The predicted molar refractivity (Wildman–Crippen MR) is 279 cm³/mol. The zero-order valence-electron chi connectivity index (χ0n) is 42.7. The molecule has 0 rings (SSSR count). The molecule has 0 aromatic heterocycles. The van der Waals surface area contributed by atoms with E-state index in [0.717, 1.165) is 83.5 Å². The third kappa shape index (κ3) is 51.7. The highest BCUT2D eigenvalue weighted by atomic mass is 16.6. The Morgan fingerprint density at radius 3 is 1.00 bits per heavy atom. The Morgan fingerprint density at radius 1 is 0.323 bits per heavy atom. The van der Waals surface area contributed by atoms with E-state index in [4.69, 9.17) is 14.2 Å². The number of carbonyl (C=O) groups is 3. The molecule has 6 heteroatoms. The first-order chi connectivity index (χ1) is 32.0. The summed E-state index contributed by atoms with van der Waals surface area (Å²) >= 11 is 0. The van der Waals surface area contributed by atoms with Gasteiger partial charge in [-0.1, -0.05) is 209 Å². The molecule has 0 fully saturated rings. The molecule has 0 aliphatic rings.